The second kappa shape index (κ2) is 11.9. The number of ketones is 1. The van der Waals surface area contributed by atoms with Gasteiger partial charge in [-0.05, 0) is 6.07 Å². The average molecular weight is 482 g/mol. The predicted octanol–water partition coefficient (Wildman–Crippen LogP) is -4.48. The molecule has 0 saturated heterocycles. The molecule has 0 amide bonds. The molecule has 0 radical (unpaired) electrons. The molecule has 2 N–H and O–H groups in total. The number of benzene rings is 2. The molecule has 0 spiro atoms. The molecule has 2 aromatic carbocycles. The quantitative estimate of drug-likeness (QED) is 0.161. The van der Waals surface area contributed by atoms with Crippen molar-refractivity contribution < 1.29 is 112 Å². The summed E-state index contributed by atoms with van der Waals surface area (Å²) < 4.78 is 65.7. The van der Waals surface area contributed by atoms with E-state index in [1.54, 1.807) is 6.07 Å². The van der Waals surface area contributed by atoms with E-state index in [0.29, 0.717) is 0 Å². The first-order chi connectivity index (χ1) is 13.1. The molecule has 0 aliphatic carbocycles. The number of rotatable bonds is 8. The molecule has 0 fully saturated rings. The maximum absolute atomic E-state index is 12.9. The summed E-state index contributed by atoms with van der Waals surface area (Å²) in [6.45, 7) is 0. The third-order valence-corrected chi connectivity index (χ3v) is 5.89. The molecule has 2 rings (SSSR count). The van der Waals surface area contributed by atoms with Crippen LogP contribution in [0.15, 0.2) is 46.2 Å². The molecular weight excluding hydrogens is 466 g/mol. The molecule has 0 aromatic heterocycles. The van der Waals surface area contributed by atoms with Gasteiger partial charge in [-0.25, -0.2) is 10.5 Å². The number of methoxy groups -OCH3 is 2. The van der Waals surface area contributed by atoms with Crippen LogP contribution in [-0.4, -0.2) is 47.4 Å². The topological polar surface area (TPSA) is 163 Å². The summed E-state index contributed by atoms with van der Waals surface area (Å²) >= 11 is 0. The van der Waals surface area contributed by atoms with Gasteiger partial charge in [-0.15, -0.1) is 8.67 Å². The predicted molar refractivity (Wildman–Crippen MR) is 93.4 cm³/mol. The molecule has 0 unspecified atom stereocenters. The van der Waals surface area contributed by atoms with Gasteiger partial charge in [0.15, 0.2) is 22.2 Å². The Balaban J connectivity index is -0.00000210. The Morgan fingerprint density at radius 2 is 1.37 bits per heavy atom. The molecule has 11 nitrogen and oxygen atoms in total. The number of carbonyl (C=O) groups excluding carboxylic acids is 1. The summed E-state index contributed by atoms with van der Waals surface area (Å²) in [5.41, 5.74) is -0.758. The Morgan fingerprint density at radius 1 is 0.867 bits per heavy atom. The number of carbonyl (C=O) groups is 1. The summed E-state index contributed by atoms with van der Waals surface area (Å²) in [4.78, 5) is 10.3. The smallest absolute Gasteiger partial charge is 1.00 e. The van der Waals surface area contributed by atoms with Crippen LogP contribution >= 0.6 is 0 Å². The number of hydrogen-bond acceptors (Lipinski definition) is 11. The fourth-order valence-corrected chi connectivity index (χ4v) is 4.66. The van der Waals surface area contributed by atoms with Crippen molar-refractivity contribution in [3.8, 4) is 11.5 Å². The van der Waals surface area contributed by atoms with E-state index < -0.39 is 47.1 Å². The Hall–Kier alpha value is -0.550. The van der Waals surface area contributed by atoms with Gasteiger partial charge < -0.3 is 12.3 Å². The van der Waals surface area contributed by atoms with E-state index in [1.807, 2.05) is 0 Å². The van der Waals surface area contributed by atoms with Gasteiger partial charge in [-0.3, -0.25) is 4.79 Å². The first-order valence-electron chi connectivity index (χ1n) is 7.19. The van der Waals surface area contributed by atoms with Crippen LogP contribution in [0.4, 0.5) is 0 Å². The van der Waals surface area contributed by atoms with Crippen LogP contribution in [-0.2, 0) is 28.9 Å². The van der Waals surface area contributed by atoms with Crippen molar-refractivity contribution >= 4 is 26.0 Å². The van der Waals surface area contributed by atoms with Crippen molar-refractivity contribution in [2.24, 2.45) is 0 Å². The largest absolute Gasteiger partial charge is 1.00 e. The minimum atomic E-state index is -5.23. The molecule has 15 heteroatoms. The van der Waals surface area contributed by atoms with Gasteiger partial charge in [0.2, 0.25) is 0 Å². The zero-order valence-electron chi connectivity index (χ0n) is 18.3. The Kier molecular flexibility index (Phi) is 11.7. The molecule has 0 aliphatic rings. The van der Waals surface area contributed by atoms with E-state index in [9.17, 15) is 21.6 Å². The number of ether oxygens (including phenoxy) is 2. The van der Waals surface area contributed by atoms with Crippen LogP contribution in [0.1, 0.15) is 18.8 Å². The van der Waals surface area contributed by atoms with Crippen LogP contribution in [0.5, 0.6) is 11.5 Å². The van der Waals surface area contributed by atoms with Crippen molar-refractivity contribution in [1.29, 1.82) is 0 Å². The molecule has 30 heavy (non-hydrogen) atoms. The van der Waals surface area contributed by atoms with E-state index in [0.717, 1.165) is 20.3 Å². The van der Waals surface area contributed by atoms with Crippen molar-refractivity contribution in [3.63, 3.8) is 0 Å². The minimum absolute atomic E-state index is 0. The molecule has 0 bridgehead atoms. The molecule has 2 aromatic rings. The third kappa shape index (κ3) is 5.82. The Labute approximate surface area is 219 Å². The zero-order valence-corrected chi connectivity index (χ0v) is 22.0. The standard InChI is InChI=1S/C15H14O11S2.2Na.2H/c1-23-11-8-10(12(16)9-6-4-3-5-7-9)14(27(19,20)25-17)15(13(11)24-2)28(21,22)26-18;;;;/h3-8,17-18H,1-2H3;;;;/q;2*+1;2*-1. The van der Waals surface area contributed by atoms with Crippen molar-refractivity contribution in [2.45, 2.75) is 9.79 Å². The molecule has 156 valence electrons. The molecule has 0 heterocycles. The third-order valence-electron chi connectivity index (χ3n) is 3.56. The Morgan fingerprint density at radius 3 is 1.80 bits per heavy atom. The van der Waals surface area contributed by atoms with Gasteiger partial charge in [-0.2, -0.15) is 16.8 Å². The van der Waals surface area contributed by atoms with Crippen LogP contribution in [0.3, 0.4) is 0 Å². The normalized spacial score (nSPS) is 11.1. The van der Waals surface area contributed by atoms with Crippen LogP contribution in [0, 0.1) is 0 Å². The summed E-state index contributed by atoms with van der Waals surface area (Å²) in [5, 5.41) is 17.6. The Bertz CT molecular complexity index is 1110. The first-order valence-corrected chi connectivity index (χ1v) is 10.0. The number of hydrogen-bond donors (Lipinski definition) is 2. The monoisotopic (exact) mass is 482 g/mol. The molecule has 0 saturated carbocycles. The first kappa shape index (κ1) is 29.5. The van der Waals surface area contributed by atoms with Gasteiger partial charge in [0, 0.05) is 11.1 Å². The summed E-state index contributed by atoms with van der Waals surface area (Å²) in [7, 11) is -8.37. The summed E-state index contributed by atoms with van der Waals surface area (Å²) in [6, 6.07) is 8.13. The molecule has 0 atom stereocenters. The van der Waals surface area contributed by atoms with Crippen molar-refractivity contribution in [3.05, 3.63) is 47.5 Å². The van der Waals surface area contributed by atoms with E-state index in [-0.39, 0.29) is 73.3 Å². The van der Waals surface area contributed by atoms with Crippen molar-refractivity contribution in [2.75, 3.05) is 14.2 Å². The SMILES string of the molecule is COc1cc(C(=O)c2ccccc2)c(S(=O)(=O)OO)c(S(=O)(=O)OO)c1OC.[H-].[H-].[Na+].[Na+]. The van der Waals surface area contributed by atoms with Crippen LogP contribution < -0.4 is 68.6 Å². The van der Waals surface area contributed by atoms with E-state index in [2.05, 4.69) is 8.67 Å². The van der Waals surface area contributed by atoms with Gasteiger partial charge in [0.05, 0.1) is 14.2 Å². The minimum Gasteiger partial charge on any atom is -1.00 e. The van der Waals surface area contributed by atoms with Gasteiger partial charge in [-0.1, -0.05) is 30.3 Å². The fourth-order valence-electron chi connectivity index (χ4n) is 2.41. The van der Waals surface area contributed by atoms with Gasteiger partial charge >= 0.3 is 79.4 Å². The summed E-state index contributed by atoms with van der Waals surface area (Å²) in [6.07, 6.45) is 0. The van der Waals surface area contributed by atoms with Gasteiger partial charge in [0.1, 0.15) is 4.90 Å². The van der Waals surface area contributed by atoms with Crippen molar-refractivity contribution in [1.82, 2.24) is 0 Å². The molecule has 0 aliphatic heterocycles. The second-order valence-electron chi connectivity index (χ2n) is 5.07. The van der Waals surface area contributed by atoms with Gasteiger partial charge in [0.25, 0.3) is 0 Å². The zero-order chi connectivity index (χ0) is 21.1. The maximum Gasteiger partial charge on any atom is 1.00 e. The van der Waals surface area contributed by atoms with Crippen LogP contribution in [0.25, 0.3) is 0 Å². The molecular formula is C15H16Na2O11S2. The van der Waals surface area contributed by atoms with E-state index >= 15 is 0 Å². The average Bonchev–Trinajstić information content (AvgIpc) is 2.71. The second-order valence-corrected chi connectivity index (χ2v) is 8.00. The fraction of sp³-hybridized carbons (Fsp3) is 0.133. The van der Waals surface area contributed by atoms with E-state index in [1.165, 1.54) is 24.3 Å². The maximum atomic E-state index is 12.9. The summed E-state index contributed by atoms with van der Waals surface area (Å²) in [5.74, 6) is -2.03. The van der Waals surface area contributed by atoms with Crippen LogP contribution in [0.2, 0.25) is 0 Å². The van der Waals surface area contributed by atoms with E-state index in [4.69, 9.17) is 20.0 Å².